The number of para-hydroxylation sites is 2. The maximum Gasteiger partial charge on any atom is 0.329 e. The number of aromatic nitrogens is 2. The van der Waals surface area contributed by atoms with Crippen LogP contribution >= 0.6 is 0 Å². The Bertz CT molecular complexity index is 1040. The number of nitrogens with zero attached hydrogens (tertiary/aromatic N) is 3. The number of imidazole rings is 1. The van der Waals surface area contributed by atoms with Crippen molar-refractivity contribution in [2.24, 2.45) is 7.05 Å². The number of hydrogen-bond donors (Lipinski definition) is 1. The van der Waals surface area contributed by atoms with Gasteiger partial charge in [-0.3, -0.25) is 18.7 Å². The second-order valence-corrected chi connectivity index (χ2v) is 6.71. The van der Waals surface area contributed by atoms with Crippen molar-refractivity contribution in [2.45, 2.75) is 25.9 Å². The van der Waals surface area contributed by atoms with Crippen LogP contribution in [0.4, 0.5) is 0 Å². The van der Waals surface area contributed by atoms with Crippen molar-refractivity contribution in [1.82, 2.24) is 14.0 Å². The van der Waals surface area contributed by atoms with Crippen molar-refractivity contribution in [2.75, 3.05) is 6.54 Å². The number of aliphatic carboxylic acids is 1. The number of aryl methyl sites for hydroxylation is 1. The molecule has 0 aliphatic carbocycles. The topological polar surface area (TPSA) is 84.5 Å². The first kappa shape index (κ1) is 19.4. The molecule has 0 bridgehead atoms. The molecule has 28 heavy (non-hydrogen) atoms. The van der Waals surface area contributed by atoms with E-state index in [0.717, 1.165) is 11.1 Å². The first-order valence-corrected chi connectivity index (χ1v) is 9.15. The number of rotatable bonds is 8. The van der Waals surface area contributed by atoms with Crippen molar-refractivity contribution < 1.29 is 14.7 Å². The fourth-order valence-corrected chi connectivity index (χ4v) is 3.27. The predicted molar refractivity (Wildman–Crippen MR) is 106 cm³/mol. The molecule has 0 radical (unpaired) electrons. The fourth-order valence-electron chi connectivity index (χ4n) is 3.27. The molecule has 3 rings (SSSR count). The zero-order valence-electron chi connectivity index (χ0n) is 15.7. The number of amides is 1. The maximum atomic E-state index is 13.0. The van der Waals surface area contributed by atoms with Crippen molar-refractivity contribution in [1.29, 1.82) is 0 Å². The molecule has 0 unspecified atom stereocenters. The van der Waals surface area contributed by atoms with E-state index in [2.05, 4.69) is 0 Å². The average molecular weight is 381 g/mol. The van der Waals surface area contributed by atoms with Crippen LogP contribution in [0.5, 0.6) is 0 Å². The van der Waals surface area contributed by atoms with Gasteiger partial charge in [-0.2, -0.15) is 0 Å². The summed E-state index contributed by atoms with van der Waals surface area (Å²) < 4.78 is 2.99. The van der Waals surface area contributed by atoms with Crippen LogP contribution in [0.15, 0.2) is 59.4 Å². The Kier molecular flexibility index (Phi) is 5.93. The third kappa shape index (κ3) is 4.31. The van der Waals surface area contributed by atoms with Crippen LogP contribution in [0, 0.1) is 0 Å². The summed E-state index contributed by atoms with van der Waals surface area (Å²) in [5.41, 5.74) is 2.17. The Balaban J connectivity index is 1.83. The maximum absolute atomic E-state index is 13.0. The number of carbonyl (C=O) groups is 2. The third-order valence-electron chi connectivity index (χ3n) is 4.73. The number of carbonyl (C=O) groups excluding carboxylic acids is 1. The Hall–Kier alpha value is -3.35. The molecule has 7 nitrogen and oxygen atoms in total. The molecule has 1 amide bonds. The predicted octanol–water partition coefficient (Wildman–Crippen LogP) is 2.23. The van der Waals surface area contributed by atoms with Crippen LogP contribution in [-0.4, -0.2) is 37.6 Å². The largest absolute Gasteiger partial charge is 0.481 e. The monoisotopic (exact) mass is 381 g/mol. The molecule has 1 aromatic heterocycles. The molecule has 0 spiro atoms. The van der Waals surface area contributed by atoms with Gasteiger partial charge in [0.25, 0.3) is 0 Å². The molecule has 0 atom stereocenters. The molecule has 0 saturated carbocycles. The van der Waals surface area contributed by atoms with Crippen molar-refractivity contribution in [3.63, 3.8) is 0 Å². The van der Waals surface area contributed by atoms with E-state index in [1.807, 2.05) is 54.6 Å². The minimum atomic E-state index is -0.891. The number of fused-ring (bicyclic) bond motifs is 1. The Labute approximate surface area is 162 Å². The lowest BCUT2D eigenvalue weighted by atomic mass is 10.2. The van der Waals surface area contributed by atoms with Gasteiger partial charge in [0.15, 0.2) is 0 Å². The highest BCUT2D eigenvalue weighted by atomic mass is 16.4. The zero-order chi connectivity index (χ0) is 20.1. The highest BCUT2D eigenvalue weighted by molar-refractivity contribution is 5.81. The van der Waals surface area contributed by atoms with E-state index in [1.54, 1.807) is 11.9 Å². The molecule has 146 valence electrons. The lowest BCUT2D eigenvalue weighted by Gasteiger charge is -2.23. The van der Waals surface area contributed by atoms with Crippen LogP contribution in [-0.2, 0) is 29.7 Å². The summed E-state index contributed by atoms with van der Waals surface area (Å²) in [6.07, 6.45) is 0.352. The summed E-state index contributed by atoms with van der Waals surface area (Å²) >= 11 is 0. The molecule has 0 saturated heterocycles. The molecule has 7 heteroatoms. The van der Waals surface area contributed by atoms with Crippen LogP contribution in [0.3, 0.4) is 0 Å². The van der Waals surface area contributed by atoms with Gasteiger partial charge < -0.3 is 10.0 Å². The van der Waals surface area contributed by atoms with Crippen LogP contribution in [0.25, 0.3) is 11.0 Å². The molecular formula is C21H23N3O4. The van der Waals surface area contributed by atoms with E-state index >= 15 is 0 Å². The van der Waals surface area contributed by atoms with Gasteiger partial charge in [-0.05, 0) is 24.1 Å². The first-order chi connectivity index (χ1) is 13.5. The molecule has 1 N–H and O–H groups in total. The standard InChI is InChI=1S/C21H23N3O4/c1-22-17-10-5-6-11-18(17)24(21(22)28)15-19(25)23(13-7-12-20(26)27)14-16-8-3-2-4-9-16/h2-6,8-11H,7,12-15H2,1H3,(H,26,27). The van der Waals surface area contributed by atoms with E-state index in [4.69, 9.17) is 5.11 Å². The summed E-state index contributed by atoms with van der Waals surface area (Å²) in [5.74, 6) is -1.11. The summed E-state index contributed by atoms with van der Waals surface area (Å²) in [6.45, 7) is 0.610. The van der Waals surface area contributed by atoms with Crippen molar-refractivity contribution in [3.8, 4) is 0 Å². The molecular weight excluding hydrogens is 358 g/mol. The van der Waals surface area contributed by atoms with E-state index in [1.165, 1.54) is 9.13 Å². The second-order valence-electron chi connectivity index (χ2n) is 6.71. The quantitative estimate of drug-likeness (QED) is 0.648. The van der Waals surface area contributed by atoms with Gasteiger partial charge in [0.2, 0.25) is 5.91 Å². The summed E-state index contributed by atoms with van der Waals surface area (Å²) in [7, 11) is 1.68. The fraction of sp³-hybridized carbons (Fsp3) is 0.286. The van der Waals surface area contributed by atoms with Gasteiger partial charge in [-0.15, -0.1) is 0 Å². The highest BCUT2D eigenvalue weighted by Gasteiger charge is 2.18. The second kappa shape index (κ2) is 8.56. The lowest BCUT2D eigenvalue weighted by molar-refractivity contribution is -0.138. The smallest absolute Gasteiger partial charge is 0.329 e. The normalized spacial score (nSPS) is 10.9. The Morgan fingerprint density at radius 2 is 1.64 bits per heavy atom. The van der Waals surface area contributed by atoms with Gasteiger partial charge in [-0.25, -0.2) is 4.79 Å². The van der Waals surface area contributed by atoms with Gasteiger partial charge in [-0.1, -0.05) is 42.5 Å². The van der Waals surface area contributed by atoms with E-state index in [-0.39, 0.29) is 24.6 Å². The number of benzene rings is 2. The average Bonchev–Trinajstić information content (AvgIpc) is 2.93. The molecule has 1 heterocycles. The lowest BCUT2D eigenvalue weighted by Crippen LogP contribution is -2.37. The molecule has 0 aliphatic heterocycles. The van der Waals surface area contributed by atoms with E-state index in [0.29, 0.717) is 25.0 Å². The van der Waals surface area contributed by atoms with Crippen molar-refractivity contribution >= 4 is 22.9 Å². The summed E-state index contributed by atoms with van der Waals surface area (Å²) in [4.78, 5) is 38.1. The third-order valence-corrected chi connectivity index (χ3v) is 4.73. The Morgan fingerprint density at radius 3 is 2.32 bits per heavy atom. The number of carboxylic acid groups (broad SMARTS) is 1. The number of hydrogen-bond acceptors (Lipinski definition) is 3. The summed E-state index contributed by atoms with van der Waals surface area (Å²) in [6, 6.07) is 16.9. The van der Waals surface area contributed by atoms with Crippen LogP contribution in [0.1, 0.15) is 18.4 Å². The van der Waals surface area contributed by atoms with E-state index < -0.39 is 5.97 Å². The minimum absolute atomic E-state index is 0.00716. The van der Waals surface area contributed by atoms with Gasteiger partial charge >= 0.3 is 11.7 Å². The molecule has 3 aromatic rings. The Morgan fingerprint density at radius 1 is 1.00 bits per heavy atom. The minimum Gasteiger partial charge on any atom is -0.481 e. The van der Waals surface area contributed by atoms with E-state index in [9.17, 15) is 14.4 Å². The molecule has 0 fully saturated rings. The van der Waals surface area contributed by atoms with Gasteiger partial charge in [0, 0.05) is 26.6 Å². The molecule has 0 aliphatic rings. The van der Waals surface area contributed by atoms with Crippen LogP contribution in [0.2, 0.25) is 0 Å². The summed E-state index contributed by atoms with van der Waals surface area (Å²) in [5, 5.41) is 8.90. The molecule has 2 aromatic carbocycles. The van der Waals surface area contributed by atoms with Gasteiger partial charge in [0.1, 0.15) is 6.54 Å². The van der Waals surface area contributed by atoms with Gasteiger partial charge in [0.05, 0.1) is 11.0 Å². The van der Waals surface area contributed by atoms with Crippen LogP contribution < -0.4 is 5.69 Å². The SMILES string of the molecule is Cn1c(=O)n(CC(=O)N(CCCC(=O)O)Cc2ccccc2)c2ccccc21. The number of carboxylic acids is 1. The highest BCUT2D eigenvalue weighted by Crippen LogP contribution is 2.13. The zero-order valence-corrected chi connectivity index (χ0v) is 15.7. The van der Waals surface area contributed by atoms with Crippen molar-refractivity contribution in [3.05, 3.63) is 70.6 Å². The first-order valence-electron chi connectivity index (χ1n) is 9.15.